The first-order chi connectivity index (χ1) is 10.1. The van der Waals surface area contributed by atoms with Gasteiger partial charge in [0, 0.05) is 19.7 Å². The van der Waals surface area contributed by atoms with Crippen molar-refractivity contribution in [3.63, 3.8) is 0 Å². The SMILES string of the molecule is CCNc1cc(OC2CC(C)CC(C)C2)nc(COC)n1. The molecular formula is C16H27N3O2. The summed E-state index contributed by atoms with van der Waals surface area (Å²) < 4.78 is 11.3. The van der Waals surface area contributed by atoms with Crippen LogP contribution in [-0.2, 0) is 11.3 Å². The van der Waals surface area contributed by atoms with Gasteiger partial charge in [-0.15, -0.1) is 0 Å². The molecule has 0 saturated heterocycles. The van der Waals surface area contributed by atoms with Crippen LogP contribution < -0.4 is 10.1 Å². The van der Waals surface area contributed by atoms with E-state index in [1.807, 2.05) is 13.0 Å². The smallest absolute Gasteiger partial charge is 0.219 e. The van der Waals surface area contributed by atoms with E-state index in [-0.39, 0.29) is 6.10 Å². The molecule has 0 spiro atoms. The van der Waals surface area contributed by atoms with E-state index in [0.717, 1.165) is 25.2 Å². The molecule has 2 unspecified atom stereocenters. The molecule has 1 aromatic rings. The lowest BCUT2D eigenvalue weighted by atomic mass is 9.82. The van der Waals surface area contributed by atoms with Crippen molar-refractivity contribution in [2.75, 3.05) is 19.0 Å². The van der Waals surface area contributed by atoms with Gasteiger partial charge in [-0.2, -0.15) is 4.98 Å². The quantitative estimate of drug-likeness (QED) is 0.872. The molecule has 1 aliphatic rings. The number of nitrogens with one attached hydrogen (secondary N) is 1. The molecule has 1 heterocycles. The zero-order valence-corrected chi connectivity index (χ0v) is 13.6. The summed E-state index contributed by atoms with van der Waals surface area (Å²) in [5, 5.41) is 3.21. The summed E-state index contributed by atoms with van der Waals surface area (Å²) in [5.74, 6) is 3.54. The summed E-state index contributed by atoms with van der Waals surface area (Å²) in [7, 11) is 1.65. The average Bonchev–Trinajstić information content (AvgIpc) is 2.37. The zero-order chi connectivity index (χ0) is 15.2. The van der Waals surface area contributed by atoms with E-state index in [2.05, 4.69) is 29.1 Å². The number of hydrogen-bond acceptors (Lipinski definition) is 5. The van der Waals surface area contributed by atoms with Crippen LogP contribution in [0.2, 0.25) is 0 Å². The highest BCUT2D eigenvalue weighted by atomic mass is 16.5. The van der Waals surface area contributed by atoms with Crippen LogP contribution in [0.4, 0.5) is 5.82 Å². The second-order valence-electron chi connectivity index (χ2n) is 6.13. The highest BCUT2D eigenvalue weighted by Gasteiger charge is 2.25. The standard InChI is InChI=1S/C16H27N3O2/c1-5-17-14-9-16(19-15(18-14)10-20-4)21-13-7-11(2)6-12(3)8-13/h9,11-13H,5-8,10H2,1-4H3,(H,17,18,19). The number of hydrogen-bond donors (Lipinski definition) is 1. The summed E-state index contributed by atoms with van der Waals surface area (Å²) in [4.78, 5) is 8.86. The summed E-state index contributed by atoms with van der Waals surface area (Å²) in [6.45, 7) is 7.86. The molecule has 1 aromatic heterocycles. The van der Waals surface area contributed by atoms with E-state index in [4.69, 9.17) is 9.47 Å². The summed E-state index contributed by atoms with van der Waals surface area (Å²) in [5.41, 5.74) is 0. The maximum atomic E-state index is 6.12. The Bertz CT molecular complexity index is 419. The Morgan fingerprint density at radius 1 is 1.19 bits per heavy atom. The lowest BCUT2D eigenvalue weighted by molar-refractivity contribution is 0.0954. The number of nitrogens with zero attached hydrogens (tertiary/aromatic N) is 2. The Hall–Kier alpha value is -1.36. The number of methoxy groups -OCH3 is 1. The van der Waals surface area contributed by atoms with E-state index >= 15 is 0 Å². The third-order valence-electron chi connectivity index (χ3n) is 3.80. The van der Waals surface area contributed by atoms with Crippen LogP contribution in [0.5, 0.6) is 5.88 Å². The Morgan fingerprint density at radius 3 is 2.52 bits per heavy atom. The van der Waals surface area contributed by atoms with Crippen LogP contribution in [0.3, 0.4) is 0 Å². The van der Waals surface area contributed by atoms with Gasteiger partial charge in [-0.3, -0.25) is 0 Å². The van der Waals surface area contributed by atoms with Crippen molar-refractivity contribution in [2.45, 2.75) is 52.7 Å². The van der Waals surface area contributed by atoms with Gasteiger partial charge in [0.1, 0.15) is 18.5 Å². The first kappa shape index (κ1) is 16.0. The number of rotatable bonds is 6. The normalized spacial score (nSPS) is 25.6. The molecule has 21 heavy (non-hydrogen) atoms. The Morgan fingerprint density at radius 2 is 1.90 bits per heavy atom. The molecule has 1 aliphatic carbocycles. The van der Waals surface area contributed by atoms with Crippen LogP contribution >= 0.6 is 0 Å². The van der Waals surface area contributed by atoms with Gasteiger partial charge in [0.25, 0.3) is 0 Å². The predicted octanol–water partition coefficient (Wildman–Crippen LogP) is 3.26. The molecule has 5 heteroatoms. The summed E-state index contributed by atoms with van der Waals surface area (Å²) in [6, 6.07) is 1.88. The van der Waals surface area contributed by atoms with Crippen LogP contribution in [-0.4, -0.2) is 29.7 Å². The number of ether oxygens (including phenoxy) is 2. The van der Waals surface area contributed by atoms with E-state index in [9.17, 15) is 0 Å². The fourth-order valence-electron chi connectivity index (χ4n) is 3.14. The third-order valence-corrected chi connectivity index (χ3v) is 3.80. The second-order valence-corrected chi connectivity index (χ2v) is 6.13. The molecule has 2 rings (SSSR count). The van der Waals surface area contributed by atoms with Gasteiger partial charge in [-0.1, -0.05) is 13.8 Å². The molecule has 0 radical (unpaired) electrons. The topological polar surface area (TPSA) is 56.3 Å². The van der Waals surface area contributed by atoms with Crippen LogP contribution in [0.1, 0.15) is 45.9 Å². The Balaban J connectivity index is 2.10. The van der Waals surface area contributed by atoms with E-state index in [0.29, 0.717) is 30.1 Å². The van der Waals surface area contributed by atoms with Crippen molar-refractivity contribution < 1.29 is 9.47 Å². The molecule has 0 bridgehead atoms. The van der Waals surface area contributed by atoms with Crippen LogP contribution in [0.15, 0.2) is 6.07 Å². The lowest BCUT2D eigenvalue weighted by Gasteiger charge is -2.31. The maximum absolute atomic E-state index is 6.12. The lowest BCUT2D eigenvalue weighted by Crippen LogP contribution is -2.29. The Labute approximate surface area is 127 Å². The van der Waals surface area contributed by atoms with Gasteiger partial charge in [0.05, 0.1) is 0 Å². The first-order valence-electron chi connectivity index (χ1n) is 7.88. The minimum atomic E-state index is 0.253. The van der Waals surface area contributed by atoms with E-state index in [1.54, 1.807) is 7.11 Å². The van der Waals surface area contributed by atoms with Crippen molar-refractivity contribution in [3.05, 3.63) is 11.9 Å². The molecule has 5 nitrogen and oxygen atoms in total. The second kappa shape index (κ2) is 7.59. The molecule has 118 valence electrons. The van der Waals surface area contributed by atoms with Crippen molar-refractivity contribution in [1.29, 1.82) is 0 Å². The highest BCUT2D eigenvalue weighted by Crippen LogP contribution is 2.31. The van der Waals surface area contributed by atoms with Crippen molar-refractivity contribution in [3.8, 4) is 5.88 Å². The molecule has 2 atom stereocenters. The van der Waals surface area contributed by atoms with Gasteiger partial charge in [-0.05, 0) is 38.0 Å². The van der Waals surface area contributed by atoms with Crippen LogP contribution in [0, 0.1) is 11.8 Å². The highest BCUT2D eigenvalue weighted by molar-refractivity contribution is 5.38. The zero-order valence-electron chi connectivity index (χ0n) is 13.6. The summed E-state index contributed by atoms with van der Waals surface area (Å²) >= 11 is 0. The van der Waals surface area contributed by atoms with Crippen molar-refractivity contribution in [1.82, 2.24) is 9.97 Å². The number of aromatic nitrogens is 2. The third kappa shape index (κ3) is 4.84. The summed E-state index contributed by atoms with van der Waals surface area (Å²) in [6.07, 6.45) is 3.75. The molecule has 0 aliphatic heterocycles. The molecule has 0 amide bonds. The molecular weight excluding hydrogens is 266 g/mol. The van der Waals surface area contributed by atoms with Crippen LogP contribution in [0.25, 0.3) is 0 Å². The molecule has 1 fully saturated rings. The van der Waals surface area contributed by atoms with Gasteiger partial charge in [0.2, 0.25) is 5.88 Å². The molecule has 1 N–H and O–H groups in total. The van der Waals surface area contributed by atoms with Crippen molar-refractivity contribution in [2.24, 2.45) is 11.8 Å². The van der Waals surface area contributed by atoms with Gasteiger partial charge >= 0.3 is 0 Å². The fourth-order valence-corrected chi connectivity index (χ4v) is 3.14. The van der Waals surface area contributed by atoms with E-state index in [1.165, 1.54) is 6.42 Å². The first-order valence-corrected chi connectivity index (χ1v) is 7.88. The van der Waals surface area contributed by atoms with Crippen molar-refractivity contribution >= 4 is 5.82 Å². The predicted molar refractivity (Wildman–Crippen MR) is 83.5 cm³/mol. The van der Waals surface area contributed by atoms with E-state index < -0.39 is 0 Å². The molecule has 1 saturated carbocycles. The fraction of sp³-hybridized carbons (Fsp3) is 0.750. The Kier molecular flexibility index (Phi) is 5.79. The van der Waals surface area contributed by atoms with Gasteiger partial charge < -0.3 is 14.8 Å². The monoisotopic (exact) mass is 293 g/mol. The number of anilines is 1. The molecule has 0 aromatic carbocycles. The van der Waals surface area contributed by atoms with Gasteiger partial charge in [-0.25, -0.2) is 4.98 Å². The minimum absolute atomic E-state index is 0.253. The van der Waals surface area contributed by atoms with Gasteiger partial charge in [0.15, 0.2) is 5.82 Å². The largest absolute Gasteiger partial charge is 0.474 e. The maximum Gasteiger partial charge on any atom is 0.219 e. The minimum Gasteiger partial charge on any atom is -0.474 e. The average molecular weight is 293 g/mol.